The van der Waals surface area contributed by atoms with E-state index >= 15 is 0 Å². The number of nitrogens with zero attached hydrogens (tertiary/aromatic N) is 3. The van der Waals surface area contributed by atoms with E-state index in [1.165, 1.54) is 32.3 Å². The van der Waals surface area contributed by atoms with Crippen molar-refractivity contribution in [3.8, 4) is 11.4 Å². The predicted octanol–water partition coefficient (Wildman–Crippen LogP) is 4.49. The molecule has 2 aromatic heterocycles. The molecular formula is C24H23F7N4O3. The van der Waals surface area contributed by atoms with Crippen LogP contribution >= 0.6 is 0 Å². The third-order valence-electron chi connectivity index (χ3n) is 6.75. The second-order valence-electron chi connectivity index (χ2n) is 10.1. The van der Waals surface area contributed by atoms with Gasteiger partial charge in [0.15, 0.2) is 0 Å². The molecule has 14 heteroatoms. The molecule has 0 saturated carbocycles. The Morgan fingerprint density at radius 1 is 0.868 bits per heavy atom. The van der Waals surface area contributed by atoms with Crippen molar-refractivity contribution in [2.24, 2.45) is 5.41 Å². The zero-order valence-electron chi connectivity index (χ0n) is 20.2. The molecule has 1 atom stereocenters. The fourth-order valence-electron chi connectivity index (χ4n) is 4.40. The first-order valence-corrected chi connectivity index (χ1v) is 11.2. The number of pyridine rings is 1. The van der Waals surface area contributed by atoms with Crippen molar-refractivity contribution >= 4 is 0 Å². The van der Waals surface area contributed by atoms with E-state index in [2.05, 4.69) is 20.4 Å². The minimum Gasteiger partial charge on any atom is -0.381 e. The van der Waals surface area contributed by atoms with Gasteiger partial charge in [0.05, 0.1) is 0 Å². The normalized spacial score (nSPS) is 18.1. The van der Waals surface area contributed by atoms with E-state index in [0.29, 0.717) is 12.1 Å². The molecule has 1 fully saturated rings. The van der Waals surface area contributed by atoms with Crippen LogP contribution in [0.2, 0.25) is 0 Å². The lowest BCUT2D eigenvalue weighted by Crippen LogP contribution is -2.63. The van der Waals surface area contributed by atoms with Gasteiger partial charge in [-0.3, -0.25) is 4.98 Å². The lowest BCUT2D eigenvalue weighted by atomic mass is 9.62. The monoisotopic (exact) mass is 548 g/mol. The molecule has 1 aliphatic rings. The number of alkyl halides is 7. The lowest BCUT2D eigenvalue weighted by Gasteiger charge is -2.52. The summed E-state index contributed by atoms with van der Waals surface area (Å²) in [5.74, 6) is -0.0772. The van der Waals surface area contributed by atoms with Gasteiger partial charge in [-0.2, -0.15) is 31.3 Å². The summed E-state index contributed by atoms with van der Waals surface area (Å²) in [6.45, 7) is 4.98. The molecule has 0 aliphatic carbocycles. The highest BCUT2D eigenvalue weighted by atomic mass is 19.4. The van der Waals surface area contributed by atoms with Crippen LogP contribution in [0.25, 0.3) is 11.4 Å². The average molecular weight is 548 g/mol. The van der Waals surface area contributed by atoms with E-state index < -0.39 is 40.2 Å². The Bertz CT molecular complexity index is 1300. The first kappa shape index (κ1) is 27.9. The summed E-state index contributed by atoms with van der Waals surface area (Å²) in [5, 5.41) is 28.9. The molecule has 1 aliphatic heterocycles. The van der Waals surface area contributed by atoms with Gasteiger partial charge in [-0.05, 0) is 25.5 Å². The Morgan fingerprint density at radius 2 is 1.42 bits per heavy atom. The van der Waals surface area contributed by atoms with E-state index in [0.717, 1.165) is 12.1 Å². The van der Waals surface area contributed by atoms with Gasteiger partial charge < -0.3 is 20.1 Å². The highest BCUT2D eigenvalue weighted by molar-refractivity contribution is 5.56. The summed E-state index contributed by atoms with van der Waals surface area (Å²) in [4.78, 5) is 8.21. The van der Waals surface area contributed by atoms with Gasteiger partial charge in [-0.15, -0.1) is 0 Å². The van der Waals surface area contributed by atoms with E-state index in [4.69, 9.17) is 4.52 Å². The van der Waals surface area contributed by atoms with Crippen molar-refractivity contribution in [1.29, 1.82) is 0 Å². The van der Waals surface area contributed by atoms with Gasteiger partial charge in [0.2, 0.25) is 5.82 Å². The molecule has 4 rings (SSSR count). The van der Waals surface area contributed by atoms with Crippen LogP contribution in [0.4, 0.5) is 30.7 Å². The standard InChI is InChI=1S/C24H23F7N4O3/c1-19(2,36)18-34-17(35-38-18)13-8-16(10-32-9-13)21(37,20(3)11-33-12-20)14-4-6-15(7-5-14)22(25,23(26,27)28)24(29,30)31/h4-10,33,36-37H,11-12H2,1-3H3/t21-/m0/s1. The molecule has 206 valence electrons. The first-order chi connectivity index (χ1) is 17.3. The zero-order chi connectivity index (χ0) is 28.4. The molecule has 1 saturated heterocycles. The fraction of sp³-hybridized carbons (Fsp3) is 0.458. The number of aliphatic hydroxyl groups is 2. The second kappa shape index (κ2) is 8.71. The SMILES string of the molecule is CC(C)(O)c1nc(-c2cncc([C@@](O)(c3ccc(C(F)(C(F)(F)F)C(F)(F)F)cc3)C3(C)CNC3)c2)no1. The fourth-order valence-corrected chi connectivity index (χ4v) is 4.40. The Hall–Kier alpha value is -3.10. The number of benzene rings is 1. The van der Waals surface area contributed by atoms with Crippen molar-refractivity contribution in [1.82, 2.24) is 20.4 Å². The van der Waals surface area contributed by atoms with Crippen molar-refractivity contribution in [2.75, 3.05) is 13.1 Å². The number of hydrogen-bond donors (Lipinski definition) is 3. The van der Waals surface area contributed by atoms with Gasteiger partial charge in [-0.1, -0.05) is 36.3 Å². The Balaban J connectivity index is 1.82. The number of hydrogen-bond acceptors (Lipinski definition) is 7. The van der Waals surface area contributed by atoms with Crippen LogP contribution in [0.5, 0.6) is 0 Å². The van der Waals surface area contributed by atoms with Gasteiger partial charge in [-0.25, -0.2) is 4.39 Å². The zero-order valence-corrected chi connectivity index (χ0v) is 20.2. The molecule has 3 aromatic rings. The number of aromatic nitrogens is 3. The minimum atomic E-state index is -6.27. The van der Waals surface area contributed by atoms with Gasteiger partial charge in [0, 0.05) is 47.6 Å². The second-order valence-corrected chi connectivity index (χ2v) is 10.1. The summed E-state index contributed by atoms with van der Waals surface area (Å²) >= 11 is 0. The van der Waals surface area contributed by atoms with Crippen molar-refractivity contribution in [3.05, 3.63) is 65.3 Å². The van der Waals surface area contributed by atoms with Gasteiger partial charge >= 0.3 is 18.0 Å². The Kier molecular flexibility index (Phi) is 6.40. The Labute approximate surface area is 211 Å². The van der Waals surface area contributed by atoms with Crippen LogP contribution in [0.15, 0.2) is 47.2 Å². The number of rotatable bonds is 6. The van der Waals surface area contributed by atoms with Gasteiger partial charge in [0.25, 0.3) is 5.89 Å². The maximum atomic E-state index is 14.6. The van der Waals surface area contributed by atoms with Crippen LogP contribution in [0.1, 0.15) is 43.4 Å². The number of nitrogens with one attached hydrogen (secondary N) is 1. The summed E-state index contributed by atoms with van der Waals surface area (Å²) in [7, 11) is 0. The summed E-state index contributed by atoms with van der Waals surface area (Å²) < 4.78 is 99.0. The average Bonchev–Trinajstić information content (AvgIpc) is 3.31. The predicted molar refractivity (Wildman–Crippen MR) is 118 cm³/mol. The third kappa shape index (κ3) is 4.24. The first-order valence-electron chi connectivity index (χ1n) is 11.2. The molecule has 38 heavy (non-hydrogen) atoms. The Morgan fingerprint density at radius 3 is 1.87 bits per heavy atom. The third-order valence-corrected chi connectivity index (χ3v) is 6.75. The molecular weight excluding hydrogens is 525 g/mol. The van der Waals surface area contributed by atoms with Crippen LogP contribution in [-0.2, 0) is 16.9 Å². The molecule has 0 unspecified atom stereocenters. The number of halogens is 7. The summed E-state index contributed by atoms with van der Waals surface area (Å²) in [6, 6.07) is 3.83. The van der Waals surface area contributed by atoms with Crippen LogP contribution in [-0.4, -0.2) is 50.8 Å². The van der Waals surface area contributed by atoms with E-state index in [1.807, 2.05) is 0 Å². The molecule has 0 spiro atoms. The largest absolute Gasteiger partial charge is 0.435 e. The molecule has 1 aromatic carbocycles. The smallest absolute Gasteiger partial charge is 0.381 e. The molecule has 0 amide bonds. The highest BCUT2D eigenvalue weighted by Crippen LogP contribution is 2.54. The van der Waals surface area contributed by atoms with E-state index in [-0.39, 0.29) is 41.5 Å². The summed E-state index contributed by atoms with van der Waals surface area (Å²) in [6.07, 6.45) is -9.91. The molecule has 3 heterocycles. The lowest BCUT2D eigenvalue weighted by molar-refractivity contribution is -0.348. The van der Waals surface area contributed by atoms with Crippen LogP contribution in [0.3, 0.4) is 0 Å². The van der Waals surface area contributed by atoms with Gasteiger partial charge in [0.1, 0.15) is 11.2 Å². The topological polar surface area (TPSA) is 104 Å². The van der Waals surface area contributed by atoms with Crippen LogP contribution < -0.4 is 5.32 Å². The van der Waals surface area contributed by atoms with Crippen molar-refractivity contribution in [3.63, 3.8) is 0 Å². The minimum absolute atomic E-state index is 0.0172. The van der Waals surface area contributed by atoms with E-state index in [1.54, 1.807) is 6.92 Å². The molecule has 0 bridgehead atoms. The quantitative estimate of drug-likeness (QED) is 0.390. The highest BCUT2D eigenvalue weighted by Gasteiger charge is 2.73. The molecule has 3 N–H and O–H groups in total. The maximum Gasteiger partial charge on any atom is 0.435 e. The summed E-state index contributed by atoms with van der Waals surface area (Å²) in [5.41, 5.74) is -11.4. The van der Waals surface area contributed by atoms with Crippen molar-refractivity contribution in [2.45, 2.75) is 50.0 Å². The van der Waals surface area contributed by atoms with E-state index in [9.17, 15) is 40.9 Å². The molecule has 0 radical (unpaired) electrons. The molecule has 7 nitrogen and oxygen atoms in total. The van der Waals surface area contributed by atoms with Crippen molar-refractivity contribution < 1.29 is 45.5 Å². The van der Waals surface area contributed by atoms with Crippen LogP contribution in [0, 0.1) is 5.41 Å². The maximum absolute atomic E-state index is 14.6.